The molecule has 3 rings (SSSR count). The van der Waals surface area contributed by atoms with Gasteiger partial charge in [-0.25, -0.2) is 13.4 Å². The second-order valence-corrected chi connectivity index (χ2v) is 7.57. The number of rotatable bonds is 6. The van der Waals surface area contributed by atoms with Gasteiger partial charge in [-0.2, -0.15) is 9.29 Å². The van der Waals surface area contributed by atoms with Crippen LogP contribution in [0.15, 0.2) is 23.1 Å². The molecule has 0 N–H and O–H groups in total. The average Bonchev–Trinajstić information content (AvgIpc) is 3.18. The first-order chi connectivity index (χ1) is 11.1. The first-order valence-corrected chi connectivity index (χ1v) is 9.29. The molecule has 2 aromatic heterocycles. The summed E-state index contributed by atoms with van der Waals surface area (Å²) in [6.45, 7) is 2.44. The Morgan fingerprint density at radius 1 is 1.39 bits per heavy atom. The molecule has 124 valence electrons. The van der Waals surface area contributed by atoms with Gasteiger partial charge in [0.1, 0.15) is 5.69 Å². The third-order valence-corrected chi connectivity index (χ3v) is 5.93. The van der Waals surface area contributed by atoms with Gasteiger partial charge in [-0.05, 0) is 19.3 Å². The zero-order valence-corrected chi connectivity index (χ0v) is 13.7. The van der Waals surface area contributed by atoms with Crippen molar-refractivity contribution in [2.24, 2.45) is 0 Å². The Labute approximate surface area is 135 Å². The molecule has 0 saturated carbocycles. The Hall–Kier alpha value is -1.87. The van der Waals surface area contributed by atoms with Gasteiger partial charge in [-0.15, -0.1) is 0 Å². The molecule has 9 heteroatoms. The predicted molar refractivity (Wildman–Crippen MR) is 82.8 cm³/mol. The third kappa shape index (κ3) is 3.56. The summed E-state index contributed by atoms with van der Waals surface area (Å²) in [4.78, 5) is 12.4. The third-order valence-electron chi connectivity index (χ3n) is 3.81. The van der Waals surface area contributed by atoms with E-state index in [1.54, 1.807) is 22.9 Å². The minimum absolute atomic E-state index is 0.0983. The number of hydrogen-bond donors (Lipinski definition) is 0. The van der Waals surface area contributed by atoms with Crippen LogP contribution < -0.4 is 0 Å². The van der Waals surface area contributed by atoms with Crippen LogP contribution in [-0.2, 0) is 16.4 Å². The molecule has 1 aliphatic rings. The monoisotopic (exact) mass is 337 g/mol. The smallest absolute Gasteiger partial charge is 0.278 e. The standard InChI is InChI=1S/C14H19N5O3S/c1-2-8-23(20,21)19-7-3-4-11(19)9-13-17-14(22-18-13)12-10-15-5-6-16-12/h5-6,10-11H,2-4,7-9H2,1H3. The molecule has 1 saturated heterocycles. The maximum absolute atomic E-state index is 12.3. The van der Waals surface area contributed by atoms with Gasteiger partial charge in [-0.3, -0.25) is 4.98 Å². The van der Waals surface area contributed by atoms with Crippen molar-refractivity contribution in [1.29, 1.82) is 0 Å². The number of sulfonamides is 1. The average molecular weight is 337 g/mol. The van der Waals surface area contributed by atoms with Crippen LogP contribution in [0.25, 0.3) is 11.6 Å². The number of aromatic nitrogens is 4. The maximum Gasteiger partial charge on any atom is 0.278 e. The molecular formula is C14H19N5O3S. The molecule has 0 spiro atoms. The lowest BCUT2D eigenvalue weighted by atomic mass is 10.1. The van der Waals surface area contributed by atoms with E-state index in [0.29, 0.717) is 36.8 Å². The van der Waals surface area contributed by atoms with Crippen molar-refractivity contribution in [3.05, 3.63) is 24.4 Å². The summed E-state index contributed by atoms with van der Waals surface area (Å²) in [6.07, 6.45) is 7.41. The van der Waals surface area contributed by atoms with Crippen LogP contribution >= 0.6 is 0 Å². The Morgan fingerprint density at radius 3 is 3.00 bits per heavy atom. The molecule has 0 aromatic carbocycles. The summed E-state index contributed by atoms with van der Waals surface area (Å²) in [7, 11) is -3.20. The van der Waals surface area contributed by atoms with Gasteiger partial charge in [-0.1, -0.05) is 12.1 Å². The van der Waals surface area contributed by atoms with Crippen molar-refractivity contribution in [2.45, 2.75) is 38.6 Å². The Balaban J connectivity index is 1.73. The van der Waals surface area contributed by atoms with Crippen molar-refractivity contribution in [2.75, 3.05) is 12.3 Å². The molecule has 2 aromatic rings. The molecule has 3 heterocycles. The molecule has 0 aliphatic carbocycles. The van der Waals surface area contributed by atoms with Gasteiger partial charge in [0, 0.05) is 31.4 Å². The highest BCUT2D eigenvalue weighted by molar-refractivity contribution is 7.89. The van der Waals surface area contributed by atoms with Crippen LogP contribution in [0.5, 0.6) is 0 Å². The SMILES string of the molecule is CCCS(=O)(=O)N1CCCC1Cc1noc(-c2cnccn2)n1. The molecule has 8 nitrogen and oxygen atoms in total. The molecule has 0 bridgehead atoms. The molecular weight excluding hydrogens is 318 g/mol. The second-order valence-electron chi connectivity index (χ2n) is 5.53. The van der Waals surface area contributed by atoms with E-state index in [4.69, 9.17) is 4.52 Å². The molecule has 1 unspecified atom stereocenters. The van der Waals surface area contributed by atoms with Crippen LogP contribution in [-0.4, -0.2) is 51.2 Å². The highest BCUT2D eigenvalue weighted by atomic mass is 32.2. The molecule has 1 atom stereocenters. The van der Waals surface area contributed by atoms with E-state index in [2.05, 4.69) is 20.1 Å². The van der Waals surface area contributed by atoms with Gasteiger partial charge < -0.3 is 4.52 Å². The van der Waals surface area contributed by atoms with Crippen molar-refractivity contribution in [1.82, 2.24) is 24.4 Å². The fraction of sp³-hybridized carbons (Fsp3) is 0.571. The minimum atomic E-state index is -3.20. The van der Waals surface area contributed by atoms with E-state index in [1.807, 2.05) is 6.92 Å². The zero-order chi connectivity index (χ0) is 16.3. The highest BCUT2D eigenvalue weighted by Gasteiger charge is 2.34. The maximum atomic E-state index is 12.3. The van der Waals surface area contributed by atoms with Crippen LogP contribution in [0.4, 0.5) is 0 Å². The predicted octanol–water partition coefficient (Wildman–Crippen LogP) is 1.27. The first-order valence-electron chi connectivity index (χ1n) is 7.68. The summed E-state index contributed by atoms with van der Waals surface area (Å²) in [6, 6.07) is -0.0983. The molecule has 1 fully saturated rings. The zero-order valence-electron chi connectivity index (χ0n) is 12.9. The first kappa shape index (κ1) is 16.0. The Bertz CT molecular complexity index is 747. The minimum Gasteiger partial charge on any atom is -0.332 e. The largest absolute Gasteiger partial charge is 0.332 e. The molecule has 0 amide bonds. The lowest BCUT2D eigenvalue weighted by Gasteiger charge is -2.22. The summed E-state index contributed by atoms with van der Waals surface area (Å²) in [5.41, 5.74) is 0.508. The van der Waals surface area contributed by atoms with Crippen molar-refractivity contribution in [3.8, 4) is 11.6 Å². The lowest BCUT2D eigenvalue weighted by Crippen LogP contribution is -2.38. The Morgan fingerprint density at radius 2 is 2.26 bits per heavy atom. The van der Waals surface area contributed by atoms with Gasteiger partial charge in [0.2, 0.25) is 10.0 Å². The van der Waals surface area contributed by atoms with Crippen LogP contribution in [0.2, 0.25) is 0 Å². The van der Waals surface area contributed by atoms with E-state index in [-0.39, 0.29) is 11.8 Å². The summed E-state index contributed by atoms with van der Waals surface area (Å²) >= 11 is 0. The van der Waals surface area contributed by atoms with Crippen molar-refractivity contribution < 1.29 is 12.9 Å². The second kappa shape index (κ2) is 6.71. The Kier molecular flexibility index (Phi) is 4.67. The van der Waals surface area contributed by atoms with Crippen LogP contribution in [0.1, 0.15) is 32.0 Å². The van der Waals surface area contributed by atoms with Gasteiger partial charge in [0.25, 0.3) is 5.89 Å². The normalized spacial score (nSPS) is 19.3. The van der Waals surface area contributed by atoms with Crippen molar-refractivity contribution >= 4 is 10.0 Å². The van der Waals surface area contributed by atoms with Gasteiger partial charge >= 0.3 is 0 Å². The quantitative estimate of drug-likeness (QED) is 0.782. The summed E-state index contributed by atoms with van der Waals surface area (Å²) in [5, 5.41) is 3.94. The fourth-order valence-electron chi connectivity index (χ4n) is 2.82. The summed E-state index contributed by atoms with van der Waals surface area (Å²) in [5.74, 6) is 0.976. The molecule has 23 heavy (non-hydrogen) atoms. The van der Waals surface area contributed by atoms with E-state index in [0.717, 1.165) is 12.8 Å². The van der Waals surface area contributed by atoms with Crippen molar-refractivity contribution in [3.63, 3.8) is 0 Å². The lowest BCUT2D eigenvalue weighted by molar-refractivity contribution is 0.369. The molecule has 0 radical (unpaired) electrons. The van der Waals surface area contributed by atoms with Crippen LogP contribution in [0, 0.1) is 0 Å². The molecule has 1 aliphatic heterocycles. The van der Waals surface area contributed by atoms with E-state index < -0.39 is 10.0 Å². The number of hydrogen-bond acceptors (Lipinski definition) is 7. The summed E-state index contributed by atoms with van der Waals surface area (Å²) < 4.78 is 31.4. The van der Waals surface area contributed by atoms with Gasteiger partial charge in [0.05, 0.1) is 11.9 Å². The fourth-order valence-corrected chi connectivity index (χ4v) is 4.61. The van der Waals surface area contributed by atoms with Gasteiger partial charge in [0.15, 0.2) is 5.82 Å². The van der Waals surface area contributed by atoms with E-state index in [1.165, 1.54) is 0 Å². The van der Waals surface area contributed by atoms with E-state index >= 15 is 0 Å². The van der Waals surface area contributed by atoms with Crippen LogP contribution in [0.3, 0.4) is 0 Å². The highest BCUT2D eigenvalue weighted by Crippen LogP contribution is 2.25. The topological polar surface area (TPSA) is 102 Å². The number of nitrogens with zero attached hydrogens (tertiary/aromatic N) is 5. The van der Waals surface area contributed by atoms with E-state index in [9.17, 15) is 8.42 Å².